The van der Waals surface area contributed by atoms with Crippen LogP contribution in [-0.2, 0) is 10.2 Å². The topological polar surface area (TPSA) is 97.8 Å². The lowest BCUT2D eigenvalue weighted by atomic mass is 9.87. The van der Waals surface area contributed by atoms with Crippen LogP contribution < -0.4 is 15.5 Å². The first-order valence-corrected chi connectivity index (χ1v) is 17.0. The number of fused-ring (bicyclic) bond motifs is 1. The minimum atomic E-state index is 0.0738. The largest absolute Gasteiger partial charge is 0.379 e. The molecular weight excluding hydrogens is 576 g/mol. The molecule has 2 N–H and O–H groups in total. The SMILES string of the molecule is C=C1CCN(CCNc2nc(-c3ccc(C(C)(C)C)cc3)nc3nc(N4CCN(C)CC4)c(NCCN4CCOCC4)nc23)CC1. The Hall–Kier alpha value is -3.38. The molecule has 0 unspecified atom stereocenters. The summed E-state index contributed by atoms with van der Waals surface area (Å²) in [5, 5.41) is 7.30. The highest BCUT2D eigenvalue weighted by atomic mass is 16.5. The van der Waals surface area contributed by atoms with E-state index in [9.17, 15) is 0 Å². The van der Waals surface area contributed by atoms with E-state index < -0.39 is 0 Å². The van der Waals surface area contributed by atoms with Crippen LogP contribution in [0.25, 0.3) is 22.6 Å². The fourth-order valence-electron chi connectivity index (χ4n) is 6.25. The summed E-state index contributed by atoms with van der Waals surface area (Å²) in [4.78, 5) is 30.2. The number of nitrogens with one attached hydrogen (secondary N) is 2. The maximum atomic E-state index is 5.55. The van der Waals surface area contributed by atoms with Gasteiger partial charge in [0, 0.05) is 84.1 Å². The van der Waals surface area contributed by atoms with Crippen LogP contribution in [0.3, 0.4) is 0 Å². The van der Waals surface area contributed by atoms with Gasteiger partial charge in [0.1, 0.15) is 0 Å². The van der Waals surface area contributed by atoms with Crippen molar-refractivity contribution in [2.75, 3.05) is 114 Å². The quantitative estimate of drug-likeness (QED) is 0.320. The Bertz CT molecular complexity index is 1460. The number of likely N-dealkylation sites (tertiary alicyclic amines) is 1. The molecule has 0 aliphatic carbocycles. The molecule has 0 radical (unpaired) electrons. The van der Waals surface area contributed by atoms with E-state index in [1.54, 1.807) is 0 Å². The lowest BCUT2D eigenvalue weighted by Gasteiger charge is -2.34. The second kappa shape index (κ2) is 14.6. The minimum Gasteiger partial charge on any atom is -0.379 e. The molecule has 3 aromatic rings. The number of benzene rings is 1. The molecule has 0 bridgehead atoms. The number of likely N-dealkylation sites (N-methyl/N-ethyl adjacent to an activating group) is 1. The molecular formula is C35H52N10O. The lowest BCUT2D eigenvalue weighted by Crippen LogP contribution is -2.45. The van der Waals surface area contributed by atoms with Gasteiger partial charge in [-0.3, -0.25) is 4.90 Å². The number of piperidine rings is 1. The molecule has 3 saturated heterocycles. The fourth-order valence-corrected chi connectivity index (χ4v) is 6.25. The van der Waals surface area contributed by atoms with Gasteiger partial charge in [0.15, 0.2) is 34.4 Å². The highest BCUT2D eigenvalue weighted by Gasteiger charge is 2.24. The second-order valence-corrected chi connectivity index (χ2v) is 14.0. The van der Waals surface area contributed by atoms with Gasteiger partial charge in [-0.25, -0.2) is 19.9 Å². The Morgan fingerprint density at radius 3 is 2.04 bits per heavy atom. The van der Waals surface area contributed by atoms with Gasteiger partial charge >= 0.3 is 0 Å². The molecule has 0 atom stereocenters. The van der Waals surface area contributed by atoms with Gasteiger partial charge in [-0.15, -0.1) is 0 Å². The van der Waals surface area contributed by atoms with Gasteiger partial charge < -0.3 is 30.1 Å². The number of ether oxygens (including phenoxy) is 1. The zero-order valence-electron chi connectivity index (χ0n) is 28.3. The van der Waals surface area contributed by atoms with E-state index in [1.807, 2.05) is 0 Å². The van der Waals surface area contributed by atoms with Crippen molar-refractivity contribution in [3.8, 4) is 11.4 Å². The Kier molecular flexibility index (Phi) is 10.3. The molecule has 11 nitrogen and oxygen atoms in total. The van der Waals surface area contributed by atoms with Crippen molar-refractivity contribution >= 4 is 28.6 Å². The maximum Gasteiger partial charge on any atom is 0.186 e. The third-order valence-electron chi connectivity index (χ3n) is 9.43. The van der Waals surface area contributed by atoms with Crippen LogP contribution in [-0.4, -0.2) is 133 Å². The fraction of sp³-hybridized carbons (Fsp3) is 0.600. The molecule has 6 rings (SSSR count). The summed E-state index contributed by atoms with van der Waals surface area (Å²) in [6.07, 6.45) is 2.15. The lowest BCUT2D eigenvalue weighted by molar-refractivity contribution is 0.0398. The summed E-state index contributed by atoms with van der Waals surface area (Å²) in [6, 6.07) is 8.62. The number of rotatable bonds is 10. The van der Waals surface area contributed by atoms with Crippen LogP contribution >= 0.6 is 0 Å². The van der Waals surface area contributed by atoms with Crippen molar-refractivity contribution in [1.82, 2.24) is 34.6 Å². The summed E-state index contributed by atoms with van der Waals surface area (Å²) in [6.45, 7) is 23.7. The predicted molar refractivity (Wildman–Crippen MR) is 188 cm³/mol. The maximum absolute atomic E-state index is 5.55. The minimum absolute atomic E-state index is 0.0738. The number of hydrogen-bond donors (Lipinski definition) is 2. The Labute approximate surface area is 274 Å². The number of aromatic nitrogens is 4. The summed E-state index contributed by atoms with van der Waals surface area (Å²) >= 11 is 0. The second-order valence-electron chi connectivity index (χ2n) is 14.0. The van der Waals surface area contributed by atoms with Crippen molar-refractivity contribution in [1.29, 1.82) is 0 Å². The molecule has 5 heterocycles. The summed E-state index contributed by atoms with van der Waals surface area (Å²) < 4.78 is 5.55. The van der Waals surface area contributed by atoms with Gasteiger partial charge in [0.25, 0.3) is 0 Å². The Morgan fingerprint density at radius 1 is 0.761 bits per heavy atom. The summed E-state index contributed by atoms with van der Waals surface area (Å²) in [7, 11) is 2.17. The summed E-state index contributed by atoms with van der Waals surface area (Å²) in [5.74, 6) is 3.06. The average molecular weight is 629 g/mol. The van der Waals surface area contributed by atoms with Crippen LogP contribution in [0.5, 0.6) is 0 Å². The highest BCUT2D eigenvalue weighted by Crippen LogP contribution is 2.31. The number of nitrogens with zero attached hydrogens (tertiary/aromatic N) is 8. The number of hydrogen-bond acceptors (Lipinski definition) is 11. The molecule has 248 valence electrons. The van der Waals surface area contributed by atoms with Crippen molar-refractivity contribution in [3.63, 3.8) is 0 Å². The summed E-state index contributed by atoms with van der Waals surface area (Å²) in [5.41, 5.74) is 5.01. The Balaban J connectivity index is 1.33. The molecule has 1 aromatic carbocycles. The molecule has 2 aromatic heterocycles. The third-order valence-corrected chi connectivity index (χ3v) is 9.43. The van der Waals surface area contributed by atoms with E-state index in [0.717, 1.165) is 128 Å². The first kappa shape index (κ1) is 32.6. The molecule has 46 heavy (non-hydrogen) atoms. The van der Waals surface area contributed by atoms with Crippen LogP contribution in [0.2, 0.25) is 0 Å². The highest BCUT2D eigenvalue weighted by molar-refractivity contribution is 5.88. The van der Waals surface area contributed by atoms with Gasteiger partial charge in [0.05, 0.1) is 13.2 Å². The molecule has 11 heteroatoms. The van der Waals surface area contributed by atoms with Crippen molar-refractivity contribution < 1.29 is 4.74 Å². The number of piperazine rings is 1. The van der Waals surface area contributed by atoms with E-state index in [-0.39, 0.29) is 5.41 Å². The third kappa shape index (κ3) is 8.12. The molecule has 0 saturated carbocycles. The van der Waals surface area contributed by atoms with Gasteiger partial charge in [-0.1, -0.05) is 57.2 Å². The van der Waals surface area contributed by atoms with Crippen LogP contribution in [0, 0.1) is 0 Å². The van der Waals surface area contributed by atoms with Crippen molar-refractivity contribution in [3.05, 3.63) is 42.0 Å². The molecule has 0 spiro atoms. The zero-order valence-corrected chi connectivity index (χ0v) is 28.3. The van der Waals surface area contributed by atoms with E-state index in [0.29, 0.717) is 17.0 Å². The normalized spacial score (nSPS) is 19.1. The van der Waals surface area contributed by atoms with Gasteiger partial charge in [0.2, 0.25) is 0 Å². The van der Waals surface area contributed by atoms with E-state index in [4.69, 9.17) is 24.7 Å². The van der Waals surface area contributed by atoms with Crippen molar-refractivity contribution in [2.24, 2.45) is 0 Å². The van der Waals surface area contributed by atoms with Crippen molar-refractivity contribution in [2.45, 2.75) is 39.0 Å². The first-order chi connectivity index (χ1) is 22.2. The standard InChI is InChI=1S/C35H52N10O/c1-26-10-14-43(15-11-26)16-12-36-31-29-32(40-30(39-31)27-6-8-28(9-7-27)35(2,3)4)41-34(45-20-18-42(5)19-21-45)33(38-29)37-13-17-44-22-24-46-25-23-44/h6-9H,1,10-25H2,2-5H3,(H,37,38)(H,36,39,40,41). The number of anilines is 3. The number of morpholine rings is 1. The van der Waals surface area contributed by atoms with E-state index in [2.05, 4.69) is 88.9 Å². The van der Waals surface area contributed by atoms with Gasteiger partial charge in [-0.05, 0) is 30.9 Å². The zero-order chi connectivity index (χ0) is 32.1. The molecule has 0 amide bonds. The smallest absolute Gasteiger partial charge is 0.186 e. The van der Waals surface area contributed by atoms with Crippen LogP contribution in [0.1, 0.15) is 39.2 Å². The van der Waals surface area contributed by atoms with E-state index in [1.165, 1.54) is 11.1 Å². The molecule has 3 aliphatic heterocycles. The van der Waals surface area contributed by atoms with Crippen LogP contribution in [0.4, 0.5) is 17.5 Å². The predicted octanol–water partition coefficient (Wildman–Crippen LogP) is 3.94. The van der Waals surface area contributed by atoms with E-state index >= 15 is 0 Å². The molecule has 3 aliphatic rings. The Morgan fingerprint density at radius 2 is 1.39 bits per heavy atom. The monoisotopic (exact) mass is 628 g/mol. The average Bonchev–Trinajstić information content (AvgIpc) is 3.06. The van der Waals surface area contributed by atoms with Gasteiger partial charge in [-0.2, -0.15) is 0 Å². The van der Waals surface area contributed by atoms with Crippen LogP contribution in [0.15, 0.2) is 36.4 Å². The molecule has 3 fully saturated rings. The first-order valence-electron chi connectivity index (χ1n) is 17.0.